The van der Waals surface area contributed by atoms with E-state index in [1.807, 2.05) is 17.5 Å². The van der Waals surface area contributed by atoms with E-state index in [4.69, 9.17) is 0 Å². The highest BCUT2D eigenvalue weighted by atomic mass is 32.2. The van der Waals surface area contributed by atoms with Crippen LogP contribution in [0.15, 0.2) is 21.7 Å². The molecule has 1 atom stereocenters. The van der Waals surface area contributed by atoms with E-state index in [9.17, 15) is 9.00 Å². The largest absolute Gasteiger partial charge is 0.300 e. The molecule has 0 spiro atoms. The number of hydrogen-bond donors (Lipinski definition) is 0. The molecular formula is C9H12O2S2. The van der Waals surface area contributed by atoms with Crippen molar-refractivity contribution in [2.45, 2.75) is 24.0 Å². The minimum absolute atomic E-state index is 0.170. The van der Waals surface area contributed by atoms with Gasteiger partial charge in [-0.3, -0.25) is 4.21 Å². The molecule has 0 fully saturated rings. The molecule has 1 rings (SSSR count). The maximum Gasteiger partial charge on any atom is 0.129 e. The average molecular weight is 216 g/mol. The molecule has 0 aliphatic carbocycles. The summed E-state index contributed by atoms with van der Waals surface area (Å²) in [5, 5.41) is 1.91. The van der Waals surface area contributed by atoms with E-state index in [0.717, 1.165) is 10.6 Å². The molecule has 0 N–H and O–H groups in total. The molecule has 0 amide bonds. The first kappa shape index (κ1) is 10.6. The maximum absolute atomic E-state index is 11.5. The van der Waals surface area contributed by atoms with Gasteiger partial charge in [0.25, 0.3) is 0 Å². The van der Waals surface area contributed by atoms with Crippen molar-refractivity contribution in [2.75, 3.05) is 5.75 Å². The highest BCUT2D eigenvalue weighted by Gasteiger charge is 2.04. The Hall–Kier alpha value is -0.480. The van der Waals surface area contributed by atoms with Gasteiger partial charge in [0.15, 0.2) is 0 Å². The van der Waals surface area contributed by atoms with E-state index < -0.39 is 10.8 Å². The molecule has 0 saturated heterocycles. The molecule has 72 valence electrons. The smallest absolute Gasteiger partial charge is 0.129 e. The number of Topliss-reactive ketones (excluding diaryl/α,β-unsaturated/α-hetero) is 1. The minimum Gasteiger partial charge on any atom is -0.300 e. The molecule has 0 aliphatic rings. The van der Waals surface area contributed by atoms with Gasteiger partial charge in [0, 0.05) is 12.2 Å². The Bertz CT molecular complexity index is 291. The van der Waals surface area contributed by atoms with Crippen LogP contribution in [0.25, 0.3) is 0 Å². The zero-order chi connectivity index (χ0) is 9.68. The van der Waals surface area contributed by atoms with Gasteiger partial charge in [0.1, 0.15) is 5.78 Å². The molecule has 0 saturated carbocycles. The lowest BCUT2D eigenvalue weighted by molar-refractivity contribution is -0.117. The van der Waals surface area contributed by atoms with Crippen molar-refractivity contribution in [1.29, 1.82) is 0 Å². The van der Waals surface area contributed by atoms with Crippen molar-refractivity contribution in [1.82, 2.24) is 0 Å². The first-order chi connectivity index (χ1) is 6.20. The Morgan fingerprint density at radius 2 is 2.38 bits per heavy atom. The number of ketones is 1. The molecule has 1 aromatic rings. The molecular weight excluding hydrogens is 204 g/mol. The second-order valence-electron chi connectivity index (χ2n) is 2.79. The molecule has 2 nitrogen and oxygen atoms in total. The molecule has 1 unspecified atom stereocenters. The van der Waals surface area contributed by atoms with Crippen LogP contribution in [-0.4, -0.2) is 15.7 Å². The lowest BCUT2D eigenvalue weighted by atomic mass is 10.3. The summed E-state index contributed by atoms with van der Waals surface area (Å²) in [7, 11) is -0.902. The van der Waals surface area contributed by atoms with Crippen LogP contribution in [-0.2, 0) is 15.6 Å². The summed E-state index contributed by atoms with van der Waals surface area (Å²) in [6, 6.07) is 3.76. The third-order valence-corrected chi connectivity index (χ3v) is 4.33. The highest BCUT2D eigenvalue weighted by molar-refractivity contribution is 7.87. The van der Waals surface area contributed by atoms with Crippen LogP contribution in [0.5, 0.6) is 0 Å². The monoisotopic (exact) mass is 216 g/mol. The fourth-order valence-electron chi connectivity index (χ4n) is 0.946. The third-order valence-electron chi connectivity index (χ3n) is 1.58. The first-order valence-corrected chi connectivity index (χ1v) is 6.31. The molecule has 0 aromatic carbocycles. The van der Waals surface area contributed by atoms with Gasteiger partial charge in [0.2, 0.25) is 0 Å². The van der Waals surface area contributed by atoms with Crippen LogP contribution in [0.3, 0.4) is 0 Å². The topological polar surface area (TPSA) is 34.1 Å². The number of carbonyl (C=O) groups excluding carboxylic acids is 1. The van der Waals surface area contributed by atoms with Crippen LogP contribution in [0, 0.1) is 0 Å². The Kier molecular flexibility index (Phi) is 4.32. The van der Waals surface area contributed by atoms with Crippen molar-refractivity contribution >= 4 is 27.9 Å². The van der Waals surface area contributed by atoms with E-state index in [0.29, 0.717) is 12.2 Å². The summed E-state index contributed by atoms with van der Waals surface area (Å²) in [6.07, 6.45) is 1.26. The molecule has 0 aliphatic heterocycles. The Morgan fingerprint density at radius 1 is 1.62 bits per heavy atom. The van der Waals surface area contributed by atoms with Gasteiger partial charge in [-0.2, -0.15) is 0 Å². The fraction of sp³-hybridized carbons (Fsp3) is 0.444. The predicted octanol–water partition coefficient (Wildman–Crippen LogP) is 2.22. The molecule has 13 heavy (non-hydrogen) atoms. The summed E-state index contributed by atoms with van der Waals surface area (Å²) in [6.45, 7) is 1.56. The van der Waals surface area contributed by atoms with Gasteiger partial charge in [-0.25, -0.2) is 0 Å². The highest BCUT2D eigenvalue weighted by Crippen LogP contribution is 2.14. The van der Waals surface area contributed by atoms with E-state index in [1.54, 1.807) is 6.92 Å². The summed E-state index contributed by atoms with van der Waals surface area (Å²) >= 11 is 1.50. The summed E-state index contributed by atoms with van der Waals surface area (Å²) in [5.41, 5.74) is 0. The zero-order valence-corrected chi connectivity index (χ0v) is 9.12. The first-order valence-electron chi connectivity index (χ1n) is 4.11. The standard InChI is InChI=1S/C9H12O2S2/c1-8(10)4-3-7-13(11)9-5-2-6-12-9/h2,5-6H,3-4,7H2,1H3. The maximum atomic E-state index is 11.5. The van der Waals surface area contributed by atoms with Gasteiger partial charge in [-0.05, 0) is 24.8 Å². The second kappa shape index (κ2) is 5.29. The lowest BCUT2D eigenvalue weighted by Crippen LogP contribution is -1.99. The second-order valence-corrected chi connectivity index (χ2v) is 5.53. The van der Waals surface area contributed by atoms with Crippen molar-refractivity contribution in [3.63, 3.8) is 0 Å². The van der Waals surface area contributed by atoms with Gasteiger partial charge >= 0.3 is 0 Å². The van der Waals surface area contributed by atoms with Gasteiger partial charge in [-0.1, -0.05) is 6.07 Å². The van der Waals surface area contributed by atoms with Crippen molar-refractivity contribution in [3.05, 3.63) is 17.5 Å². The van der Waals surface area contributed by atoms with E-state index >= 15 is 0 Å². The minimum atomic E-state index is -0.902. The van der Waals surface area contributed by atoms with Gasteiger partial charge in [0.05, 0.1) is 15.0 Å². The lowest BCUT2D eigenvalue weighted by Gasteiger charge is -1.96. The summed E-state index contributed by atoms with van der Waals surface area (Å²) < 4.78 is 12.4. The molecule has 1 heterocycles. The number of thiophene rings is 1. The van der Waals surface area contributed by atoms with Crippen LogP contribution in [0.2, 0.25) is 0 Å². The van der Waals surface area contributed by atoms with Crippen LogP contribution in [0.1, 0.15) is 19.8 Å². The van der Waals surface area contributed by atoms with E-state index in [-0.39, 0.29) is 5.78 Å². The summed E-state index contributed by atoms with van der Waals surface area (Å²) in [4.78, 5) is 10.6. The summed E-state index contributed by atoms with van der Waals surface area (Å²) in [5.74, 6) is 0.767. The SMILES string of the molecule is CC(=O)CCCS(=O)c1cccs1. The Labute approximate surface area is 84.4 Å². The van der Waals surface area contributed by atoms with Crippen molar-refractivity contribution in [2.24, 2.45) is 0 Å². The van der Waals surface area contributed by atoms with Crippen LogP contribution >= 0.6 is 11.3 Å². The molecule has 0 bridgehead atoms. The van der Waals surface area contributed by atoms with E-state index in [1.165, 1.54) is 11.3 Å². The molecule has 0 radical (unpaired) electrons. The van der Waals surface area contributed by atoms with Crippen LogP contribution in [0.4, 0.5) is 0 Å². The molecule has 1 aromatic heterocycles. The zero-order valence-electron chi connectivity index (χ0n) is 7.49. The third kappa shape index (κ3) is 3.83. The molecule has 4 heteroatoms. The van der Waals surface area contributed by atoms with Crippen molar-refractivity contribution < 1.29 is 9.00 Å². The fourth-order valence-corrected chi connectivity index (χ4v) is 3.08. The van der Waals surface area contributed by atoms with Crippen molar-refractivity contribution in [3.8, 4) is 0 Å². The Morgan fingerprint density at radius 3 is 2.92 bits per heavy atom. The van der Waals surface area contributed by atoms with Gasteiger partial charge < -0.3 is 4.79 Å². The number of carbonyl (C=O) groups is 1. The van der Waals surface area contributed by atoms with Crippen LogP contribution < -0.4 is 0 Å². The Balaban J connectivity index is 2.31. The predicted molar refractivity (Wildman–Crippen MR) is 55.5 cm³/mol. The van der Waals surface area contributed by atoms with Gasteiger partial charge in [-0.15, -0.1) is 11.3 Å². The van der Waals surface area contributed by atoms with E-state index in [2.05, 4.69) is 0 Å². The number of rotatable bonds is 5. The quantitative estimate of drug-likeness (QED) is 0.756. The average Bonchev–Trinajstić information content (AvgIpc) is 2.55. The normalized spacial score (nSPS) is 12.7. The number of hydrogen-bond acceptors (Lipinski definition) is 3.